The molecule has 1 aromatic carbocycles. The molecule has 2 rings (SSSR count). The van der Waals surface area contributed by atoms with Crippen LogP contribution in [0, 0.1) is 12.8 Å². The van der Waals surface area contributed by atoms with Crippen LogP contribution in [0.4, 0.5) is 4.79 Å². The molecule has 1 aliphatic rings. The fourth-order valence-electron chi connectivity index (χ4n) is 3.33. The summed E-state index contributed by atoms with van der Waals surface area (Å²) in [5, 5.41) is 3.38. The number of methoxy groups -OCH3 is 1. The lowest BCUT2D eigenvalue weighted by molar-refractivity contribution is -0.138. The van der Waals surface area contributed by atoms with E-state index in [1.54, 1.807) is 0 Å². The zero-order chi connectivity index (χ0) is 18.6. The Morgan fingerprint density at radius 2 is 2.04 bits per heavy atom. The number of hydrogen-bond donors (Lipinski definition) is 1. The van der Waals surface area contributed by atoms with Crippen molar-refractivity contribution < 1.29 is 14.3 Å². The summed E-state index contributed by atoms with van der Waals surface area (Å²) in [6.45, 7) is 4.30. The largest absolute Gasteiger partial charge is 0.453 e. The maximum atomic E-state index is 12.7. The zero-order valence-corrected chi connectivity index (χ0v) is 16.1. The molecular formula is C19H27ClN2O3. The molecule has 1 unspecified atom stereocenters. The molecule has 1 aromatic rings. The molecular weight excluding hydrogens is 340 g/mol. The highest BCUT2D eigenvalue weighted by Gasteiger charge is 2.36. The molecule has 0 aromatic heterocycles. The Balaban J connectivity index is 1.90. The van der Waals surface area contributed by atoms with Gasteiger partial charge in [0.15, 0.2) is 0 Å². The number of carbonyl (C=O) groups is 2. The second-order valence-corrected chi connectivity index (χ2v) is 7.25. The molecule has 138 valence electrons. The average Bonchev–Trinajstić information content (AvgIpc) is 2.52. The van der Waals surface area contributed by atoms with E-state index < -0.39 is 6.09 Å². The van der Waals surface area contributed by atoms with E-state index in [1.165, 1.54) is 12.7 Å². The minimum atomic E-state index is -0.506. The summed E-state index contributed by atoms with van der Waals surface area (Å²) in [4.78, 5) is 25.7. The van der Waals surface area contributed by atoms with Crippen LogP contribution in [0.1, 0.15) is 43.2 Å². The molecule has 25 heavy (non-hydrogen) atoms. The van der Waals surface area contributed by atoms with Crippen LogP contribution in [0.2, 0.25) is 5.02 Å². The van der Waals surface area contributed by atoms with Gasteiger partial charge in [-0.2, -0.15) is 0 Å². The van der Waals surface area contributed by atoms with Crippen molar-refractivity contribution in [1.82, 2.24) is 10.2 Å². The van der Waals surface area contributed by atoms with E-state index in [-0.39, 0.29) is 17.9 Å². The van der Waals surface area contributed by atoms with Crippen molar-refractivity contribution in [2.45, 2.75) is 45.1 Å². The molecule has 1 N–H and O–H groups in total. The van der Waals surface area contributed by atoms with Crippen LogP contribution in [-0.4, -0.2) is 43.6 Å². The van der Waals surface area contributed by atoms with E-state index in [9.17, 15) is 9.59 Å². The Bertz CT molecular complexity index is 609. The van der Waals surface area contributed by atoms with Crippen molar-refractivity contribution in [2.24, 2.45) is 5.92 Å². The van der Waals surface area contributed by atoms with E-state index in [1.807, 2.05) is 37.9 Å². The maximum absolute atomic E-state index is 12.7. The van der Waals surface area contributed by atoms with Crippen molar-refractivity contribution in [1.29, 1.82) is 0 Å². The number of nitrogens with zero attached hydrogens (tertiary/aromatic N) is 1. The Kier molecular flexibility index (Phi) is 6.71. The number of ether oxygens (including phenoxy) is 1. The number of aryl methyl sites for hydroxylation is 1. The van der Waals surface area contributed by atoms with Gasteiger partial charge in [0, 0.05) is 24.7 Å². The molecule has 1 fully saturated rings. The quantitative estimate of drug-likeness (QED) is 0.834. The van der Waals surface area contributed by atoms with Crippen molar-refractivity contribution >= 4 is 23.6 Å². The Morgan fingerprint density at radius 3 is 2.60 bits per heavy atom. The Labute approximate surface area is 154 Å². The van der Waals surface area contributed by atoms with Crippen LogP contribution in [0.25, 0.3) is 0 Å². The molecule has 6 heteroatoms. The average molecular weight is 367 g/mol. The second kappa shape index (κ2) is 8.56. The maximum Gasteiger partial charge on any atom is 0.406 e. The van der Waals surface area contributed by atoms with Crippen LogP contribution in [0.3, 0.4) is 0 Å². The highest BCUT2D eigenvalue weighted by molar-refractivity contribution is 6.30. The summed E-state index contributed by atoms with van der Waals surface area (Å²) in [5.74, 6) is 0.298. The van der Waals surface area contributed by atoms with Gasteiger partial charge in [-0.05, 0) is 55.4 Å². The van der Waals surface area contributed by atoms with Crippen LogP contribution in [-0.2, 0) is 9.53 Å². The van der Waals surface area contributed by atoms with Crippen LogP contribution < -0.4 is 5.32 Å². The zero-order valence-electron chi connectivity index (χ0n) is 15.3. The van der Waals surface area contributed by atoms with Gasteiger partial charge in [0.2, 0.25) is 5.91 Å². The minimum absolute atomic E-state index is 0.0737. The molecule has 0 saturated heterocycles. The normalized spacial score (nSPS) is 20.4. The lowest BCUT2D eigenvalue weighted by Crippen LogP contribution is -2.48. The number of hydrogen-bond acceptors (Lipinski definition) is 3. The molecule has 5 nitrogen and oxygen atoms in total. The van der Waals surface area contributed by atoms with E-state index >= 15 is 0 Å². The summed E-state index contributed by atoms with van der Waals surface area (Å²) in [7, 11) is 3.17. The minimum Gasteiger partial charge on any atom is -0.453 e. The number of rotatable bonds is 6. The van der Waals surface area contributed by atoms with Gasteiger partial charge in [0.1, 0.15) is 0 Å². The first-order valence-electron chi connectivity index (χ1n) is 8.71. The van der Waals surface area contributed by atoms with E-state index in [0.717, 1.165) is 23.4 Å². The lowest BCUT2D eigenvalue weighted by atomic mass is 9.74. The number of carbonyl (C=O) groups excluding carboxylic acids is 2. The van der Waals surface area contributed by atoms with Crippen molar-refractivity contribution in [3.05, 3.63) is 34.3 Å². The van der Waals surface area contributed by atoms with Crippen molar-refractivity contribution in [2.75, 3.05) is 20.7 Å². The molecule has 0 heterocycles. The SMILES string of the molecule is CCC(CNC(=O)OC)C(=O)N(C)C1CC(c2cc(C)cc(Cl)c2)C1. The predicted octanol–water partition coefficient (Wildman–Crippen LogP) is 3.74. The molecule has 2 amide bonds. The summed E-state index contributed by atoms with van der Waals surface area (Å²) < 4.78 is 4.56. The molecule has 0 spiro atoms. The van der Waals surface area contributed by atoms with Crippen molar-refractivity contribution in [3.8, 4) is 0 Å². The smallest absolute Gasteiger partial charge is 0.406 e. The van der Waals surface area contributed by atoms with Gasteiger partial charge in [-0.3, -0.25) is 4.79 Å². The topological polar surface area (TPSA) is 58.6 Å². The third-order valence-corrected chi connectivity index (χ3v) is 5.28. The molecule has 0 radical (unpaired) electrons. The van der Waals surface area contributed by atoms with Crippen molar-refractivity contribution in [3.63, 3.8) is 0 Å². The van der Waals surface area contributed by atoms with Gasteiger partial charge in [-0.1, -0.05) is 24.6 Å². The second-order valence-electron chi connectivity index (χ2n) is 6.81. The van der Waals surface area contributed by atoms with Crippen LogP contribution in [0.5, 0.6) is 0 Å². The molecule has 1 atom stereocenters. The van der Waals surface area contributed by atoms with Gasteiger partial charge in [0.05, 0.1) is 13.0 Å². The number of halogens is 1. The summed E-state index contributed by atoms with van der Waals surface area (Å²) in [6.07, 6.45) is 2.07. The summed E-state index contributed by atoms with van der Waals surface area (Å²) in [5.41, 5.74) is 2.41. The van der Waals surface area contributed by atoms with Crippen LogP contribution >= 0.6 is 11.6 Å². The Morgan fingerprint density at radius 1 is 1.36 bits per heavy atom. The monoisotopic (exact) mass is 366 g/mol. The molecule has 1 saturated carbocycles. The van der Waals surface area contributed by atoms with Gasteiger partial charge >= 0.3 is 6.09 Å². The number of nitrogens with one attached hydrogen (secondary N) is 1. The first kappa shape index (κ1) is 19.6. The van der Waals surface area contributed by atoms with Gasteiger partial charge < -0.3 is 15.0 Å². The van der Waals surface area contributed by atoms with Gasteiger partial charge in [-0.15, -0.1) is 0 Å². The molecule has 0 aliphatic heterocycles. The predicted molar refractivity (Wildman–Crippen MR) is 98.9 cm³/mol. The van der Waals surface area contributed by atoms with Gasteiger partial charge in [-0.25, -0.2) is 4.79 Å². The highest BCUT2D eigenvalue weighted by atomic mass is 35.5. The van der Waals surface area contributed by atoms with Crippen LogP contribution in [0.15, 0.2) is 18.2 Å². The van der Waals surface area contributed by atoms with E-state index in [2.05, 4.69) is 16.1 Å². The standard InChI is InChI=1S/C19H27ClN2O3/c1-5-13(11-21-19(24)25-4)18(23)22(3)17-9-15(10-17)14-6-12(2)7-16(20)8-14/h6-8,13,15,17H,5,9-11H2,1-4H3,(H,21,24). The third kappa shape index (κ3) is 4.88. The lowest BCUT2D eigenvalue weighted by Gasteiger charge is -2.42. The van der Waals surface area contributed by atoms with E-state index in [0.29, 0.717) is 18.9 Å². The number of alkyl carbamates (subject to hydrolysis) is 1. The highest BCUT2D eigenvalue weighted by Crippen LogP contribution is 2.40. The first-order chi connectivity index (χ1) is 11.8. The fourth-order valence-corrected chi connectivity index (χ4v) is 3.63. The van der Waals surface area contributed by atoms with E-state index in [4.69, 9.17) is 11.6 Å². The number of benzene rings is 1. The molecule has 1 aliphatic carbocycles. The first-order valence-corrected chi connectivity index (χ1v) is 9.09. The third-order valence-electron chi connectivity index (χ3n) is 5.06. The summed E-state index contributed by atoms with van der Waals surface area (Å²) in [6, 6.07) is 6.39. The number of amides is 2. The Hall–Kier alpha value is -1.75. The summed E-state index contributed by atoms with van der Waals surface area (Å²) >= 11 is 6.15. The molecule has 0 bridgehead atoms. The van der Waals surface area contributed by atoms with Gasteiger partial charge in [0.25, 0.3) is 0 Å². The fraction of sp³-hybridized carbons (Fsp3) is 0.579.